The third-order valence-electron chi connectivity index (χ3n) is 5.42. The first-order chi connectivity index (χ1) is 14.1. The second-order valence-corrected chi connectivity index (χ2v) is 7.32. The van der Waals surface area contributed by atoms with Gasteiger partial charge in [0.05, 0.1) is 0 Å². The minimum absolute atomic E-state index is 0.0777. The molecule has 0 radical (unpaired) electrons. The van der Waals surface area contributed by atoms with Crippen LogP contribution in [0.4, 0.5) is 0 Å². The van der Waals surface area contributed by atoms with Gasteiger partial charge in [-0.25, -0.2) is 0 Å². The van der Waals surface area contributed by atoms with E-state index in [4.69, 9.17) is 4.74 Å². The zero-order valence-corrected chi connectivity index (χ0v) is 17.3. The SMILES string of the molecule is CN=C(NCCc1cccc(C(=O)NC)c1)N1CCN(C(=O)C2CCCO2)CC1. The van der Waals surface area contributed by atoms with Crippen molar-refractivity contribution in [2.45, 2.75) is 25.4 Å². The lowest BCUT2D eigenvalue weighted by Crippen LogP contribution is -2.55. The minimum atomic E-state index is -0.246. The first-order valence-corrected chi connectivity index (χ1v) is 10.3. The van der Waals surface area contributed by atoms with Crippen molar-refractivity contribution in [2.24, 2.45) is 4.99 Å². The van der Waals surface area contributed by atoms with Gasteiger partial charge >= 0.3 is 0 Å². The Hall–Kier alpha value is -2.61. The molecule has 8 nitrogen and oxygen atoms in total. The van der Waals surface area contributed by atoms with Crippen LogP contribution in [0, 0.1) is 0 Å². The second-order valence-electron chi connectivity index (χ2n) is 7.32. The number of carbonyl (C=O) groups is 2. The monoisotopic (exact) mass is 401 g/mol. The molecule has 0 spiro atoms. The summed E-state index contributed by atoms with van der Waals surface area (Å²) >= 11 is 0. The van der Waals surface area contributed by atoms with E-state index < -0.39 is 0 Å². The zero-order chi connectivity index (χ0) is 20.6. The molecule has 0 aliphatic carbocycles. The third-order valence-corrected chi connectivity index (χ3v) is 5.42. The normalized spacial score (nSPS) is 19.9. The van der Waals surface area contributed by atoms with E-state index in [0.29, 0.717) is 25.3 Å². The van der Waals surface area contributed by atoms with E-state index in [1.165, 1.54) is 0 Å². The number of hydrogen-bond donors (Lipinski definition) is 2. The van der Waals surface area contributed by atoms with Crippen molar-refractivity contribution < 1.29 is 14.3 Å². The van der Waals surface area contributed by atoms with Crippen LogP contribution in [-0.4, -0.2) is 87.1 Å². The van der Waals surface area contributed by atoms with Crippen LogP contribution in [0.2, 0.25) is 0 Å². The molecule has 2 fully saturated rings. The van der Waals surface area contributed by atoms with Gasteiger partial charge in [-0.05, 0) is 37.0 Å². The van der Waals surface area contributed by atoms with Crippen LogP contribution in [0.25, 0.3) is 0 Å². The molecule has 1 aromatic rings. The molecule has 2 N–H and O–H groups in total. The Morgan fingerprint density at radius 1 is 1.21 bits per heavy atom. The van der Waals surface area contributed by atoms with Gasteiger partial charge in [-0.3, -0.25) is 14.6 Å². The number of rotatable bonds is 5. The summed E-state index contributed by atoms with van der Waals surface area (Å²) in [7, 11) is 3.41. The van der Waals surface area contributed by atoms with Crippen LogP contribution in [0.3, 0.4) is 0 Å². The fourth-order valence-corrected chi connectivity index (χ4v) is 3.78. The van der Waals surface area contributed by atoms with Gasteiger partial charge in [0, 0.05) is 59.0 Å². The van der Waals surface area contributed by atoms with Crippen LogP contribution in [0.1, 0.15) is 28.8 Å². The highest BCUT2D eigenvalue weighted by molar-refractivity contribution is 5.94. The van der Waals surface area contributed by atoms with Gasteiger partial charge < -0.3 is 25.2 Å². The van der Waals surface area contributed by atoms with E-state index in [9.17, 15) is 9.59 Å². The number of piperazine rings is 1. The first-order valence-electron chi connectivity index (χ1n) is 10.3. The van der Waals surface area contributed by atoms with Crippen molar-refractivity contribution in [2.75, 3.05) is 53.4 Å². The van der Waals surface area contributed by atoms with E-state index in [1.807, 2.05) is 29.2 Å². The van der Waals surface area contributed by atoms with Crippen molar-refractivity contribution in [3.05, 3.63) is 35.4 Å². The van der Waals surface area contributed by atoms with Gasteiger partial charge in [-0.1, -0.05) is 12.1 Å². The van der Waals surface area contributed by atoms with E-state index in [2.05, 4.69) is 20.5 Å². The van der Waals surface area contributed by atoms with Gasteiger partial charge in [-0.2, -0.15) is 0 Å². The van der Waals surface area contributed by atoms with Crippen LogP contribution in [-0.2, 0) is 16.0 Å². The van der Waals surface area contributed by atoms with Gasteiger partial charge in [0.2, 0.25) is 0 Å². The van der Waals surface area contributed by atoms with Gasteiger partial charge in [-0.15, -0.1) is 0 Å². The minimum Gasteiger partial charge on any atom is -0.368 e. The van der Waals surface area contributed by atoms with Crippen LogP contribution in [0.15, 0.2) is 29.3 Å². The number of nitrogens with one attached hydrogen (secondary N) is 2. The number of amides is 2. The highest BCUT2D eigenvalue weighted by atomic mass is 16.5. The maximum atomic E-state index is 12.5. The van der Waals surface area contributed by atoms with Crippen LogP contribution < -0.4 is 10.6 Å². The summed E-state index contributed by atoms with van der Waals surface area (Å²) in [6, 6.07) is 7.65. The summed E-state index contributed by atoms with van der Waals surface area (Å²) in [5.41, 5.74) is 1.77. The molecule has 29 heavy (non-hydrogen) atoms. The summed E-state index contributed by atoms with van der Waals surface area (Å²) in [6.07, 6.45) is 2.36. The predicted molar refractivity (Wildman–Crippen MR) is 112 cm³/mol. The van der Waals surface area contributed by atoms with Gasteiger partial charge in [0.25, 0.3) is 11.8 Å². The van der Waals surface area contributed by atoms with Crippen molar-refractivity contribution in [1.82, 2.24) is 20.4 Å². The van der Waals surface area contributed by atoms with Crippen LogP contribution in [0.5, 0.6) is 0 Å². The lowest BCUT2D eigenvalue weighted by Gasteiger charge is -2.37. The van der Waals surface area contributed by atoms with E-state index in [-0.39, 0.29) is 17.9 Å². The molecule has 8 heteroatoms. The number of hydrogen-bond acceptors (Lipinski definition) is 4. The molecule has 1 atom stereocenters. The number of carbonyl (C=O) groups excluding carboxylic acids is 2. The first kappa shape index (κ1) is 21.1. The molecule has 2 aliphatic rings. The molecule has 2 heterocycles. The molecule has 0 aromatic heterocycles. The third kappa shape index (κ3) is 5.47. The molecule has 0 bridgehead atoms. The average molecular weight is 402 g/mol. The molecule has 2 saturated heterocycles. The number of aliphatic imine (C=N–C) groups is 1. The number of nitrogens with zero attached hydrogens (tertiary/aromatic N) is 3. The maximum absolute atomic E-state index is 12.5. The van der Waals surface area contributed by atoms with Crippen molar-refractivity contribution in [1.29, 1.82) is 0 Å². The summed E-state index contributed by atoms with van der Waals surface area (Å²) < 4.78 is 5.52. The van der Waals surface area contributed by atoms with Gasteiger partial charge in [0.1, 0.15) is 6.10 Å². The molecule has 2 aliphatic heterocycles. The Morgan fingerprint density at radius 2 is 1.97 bits per heavy atom. The molecule has 3 rings (SSSR count). The summed E-state index contributed by atoms with van der Waals surface area (Å²) in [4.78, 5) is 32.7. The highest BCUT2D eigenvalue weighted by Crippen LogP contribution is 2.16. The Kier molecular flexibility index (Phi) is 7.46. The highest BCUT2D eigenvalue weighted by Gasteiger charge is 2.30. The van der Waals surface area contributed by atoms with E-state index in [0.717, 1.165) is 50.4 Å². The molecular formula is C21H31N5O3. The number of ether oxygens (including phenoxy) is 1. The average Bonchev–Trinajstić information content (AvgIpc) is 3.31. The molecule has 1 unspecified atom stereocenters. The Balaban J connectivity index is 1.45. The van der Waals surface area contributed by atoms with Gasteiger partial charge in [0.15, 0.2) is 5.96 Å². The Morgan fingerprint density at radius 3 is 2.62 bits per heavy atom. The number of benzene rings is 1. The number of guanidine groups is 1. The topological polar surface area (TPSA) is 86.3 Å². The summed E-state index contributed by atoms with van der Waals surface area (Å²) in [5, 5.41) is 6.04. The summed E-state index contributed by atoms with van der Waals surface area (Å²) in [5.74, 6) is 0.892. The fourth-order valence-electron chi connectivity index (χ4n) is 3.78. The van der Waals surface area contributed by atoms with E-state index >= 15 is 0 Å². The predicted octanol–water partition coefficient (Wildman–Crippen LogP) is 0.487. The summed E-state index contributed by atoms with van der Waals surface area (Å²) in [6.45, 7) is 4.30. The molecule has 158 valence electrons. The lowest BCUT2D eigenvalue weighted by atomic mass is 10.1. The Bertz CT molecular complexity index is 738. The van der Waals surface area contributed by atoms with Crippen molar-refractivity contribution >= 4 is 17.8 Å². The quantitative estimate of drug-likeness (QED) is 0.554. The second kappa shape index (κ2) is 10.2. The molecule has 1 aromatic carbocycles. The van der Waals surface area contributed by atoms with Crippen molar-refractivity contribution in [3.8, 4) is 0 Å². The molecular weight excluding hydrogens is 370 g/mol. The fraction of sp³-hybridized carbons (Fsp3) is 0.571. The smallest absolute Gasteiger partial charge is 0.251 e. The standard InChI is InChI=1S/C21H31N5O3/c1-22-19(27)17-6-3-5-16(15-17)8-9-24-21(23-2)26-12-10-25(11-13-26)20(28)18-7-4-14-29-18/h3,5-6,15,18H,4,7-14H2,1-2H3,(H,22,27)(H,23,24). The van der Waals surface area contributed by atoms with Crippen molar-refractivity contribution in [3.63, 3.8) is 0 Å². The molecule has 2 amide bonds. The zero-order valence-electron chi connectivity index (χ0n) is 17.3. The molecule has 0 saturated carbocycles. The van der Waals surface area contributed by atoms with E-state index in [1.54, 1.807) is 14.1 Å². The van der Waals surface area contributed by atoms with Crippen LogP contribution >= 0.6 is 0 Å². The Labute approximate surface area is 172 Å². The largest absolute Gasteiger partial charge is 0.368 e. The lowest BCUT2D eigenvalue weighted by molar-refractivity contribution is -0.142. The maximum Gasteiger partial charge on any atom is 0.251 e.